The van der Waals surface area contributed by atoms with Gasteiger partial charge in [-0.25, -0.2) is 4.52 Å². The first-order valence-electron chi connectivity index (χ1n) is 9.52. The highest BCUT2D eigenvalue weighted by molar-refractivity contribution is 6.31. The van der Waals surface area contributed by atoms with Gasteiger partial charge in [0, 0.05) is 28.7 Å². The highest BCUT2D eigenvalue weighted by Crippen LogP contribution is 2.26. The minimum atomic E-state index is -0.470. The maximum absolute atomic E-state index is 13.2. The van der Waals surface area contributed by atoms with E-state index >= 15 is 0 Å². The third-order valence-corrected chi connectivity index (χ3v) is 5.45. The Hall–Kier alpha value is -3.12. The summed E-state index contributed by atoms with van der Waals surface area (Å²) in [6, 6.07) is 16.1. The van der Waals surface area contributed by atoms with Crippen LogP contribution in [0.5, 0.6) is 0 Å². The largest absolute Gasteiger partial charge is 0.350 e. The summed E-state index contributed by atoms with van der Waals surface area (Å²) in [7, 11) is 0. The number of aryl methyl sites for hydroxylation is 1. The van der Waals surface area contributed by atoms with E-state index in [-0.39, 0.29) is 11.5 Å². The van der Waals surface area contributed by atoms with Gasteiger partial charge in [0.1, 0.15) is 6.04 Å². The van der Waals surface area contributed by atoms with Crippen molar-refractivity contribution >= 4 is 34.1 Å². The van der Waals surface area contributed by atoms with Gasteiger partial charge in [-0.05, 0) is 37.1 Å². The summed E-state index contributed by atoms with van der Waals surface area (Å²) in [6.45, 7) is 4.16. The Morgan fingerprint density at radius 1 is 1.17 bits per heavy atom. The molecule has 0 aliphatic heterocycles. The Kier molecular flexibility index (Phi) is 5.11. The fourth-order valence-electron chi connectivity index (χ4n) is 3.73. The van der Waals surface area contributed by atoms with Crippen LogP contribution in [-0.2, 0) is 11.3 Å². The number of hydrogen-bond donors (Lipinski definition) is 1. The highest BCUT2D eigenvalue weighted by atomic mass is 35.5. The molecule has 4 rings (SSSR count). The molecule has 0 fully saturated rings. The topological polar surface area (TPSA) is 68.4 Å². The standard InChI is InChI=1S/C22H21ClN4O2/c1-3-18(22(29)24-13-15-8-4-6-10-17(15)23)27-19-11-7-5-9-16(19)21-25-20(28)12-14(2)26(21)27/h4-12,18H,3,13H2,1-2H3,(H,24,29). The van der Waals surface area contributed by atoms with Gasteiger partial charge in [-0.1, -0.05) is 48.9 Å². The van der Waals surface area contributed by atoms with Crippen molar-refractivity contribution in [2.75, 3.05) is 0 Å². The summed E-state index contributed by atoms with van der Waals surface area (Å²) < 4.78 is 3.78. The highest BCUT2D eigenvalue weighted by Gasteiger charge is 2.24. The summed E-state index contributed by atoms with van der Waals surface area (Å²) in [4.78, 5) is 29.4. The van der Waals surface area contributed by atoms with Crippen LogP contribution in [0.1, 0.15) is 30.6 Å². The molecule has 4 aromatic rings. The van der Waals surface area contributed by atoms with E-state index in [9.17, 15) is 9.59 Å². The second-order valence-electron chi connectivity index (χ2n) is 6.97. The number of halogens is 1. The van der Waals surface area contributed by atoms with Crippen molar-refractivity contribution < 1.29 is 4.79 Å². The summed E-state index contributed by atoms with van der Waals surface area (Å²) in [6.07, 6.45) is 0.577. The minimum Gasteiger partial charge on any atom is -0.350 e. The Morgan fingerprint density at radius 2 is 1.90 bits per heavy atom. The monoisotopic (exact) mass is 408 g/mol. The number of amides is 1. The van der Waals surface area contributed by atoms with Crippen molar-refractivity contribution in [2.45, 2.75) is 32.9 Å². The lowest BCUT2D eigenvalue weighted by atomic mass is 10.1. The third kappa shape index (κ3) is 3.40. The molecule has 2 aromatic heterocycles. The summed E-state index contributed by atoms with van der Waals surface area (Å²) in [5, 5.41) is 4.46. The van der Waals surface area contributed by atoms with Crippen LogP contribution in [0.3, 0.4) is 0 Å². The number of nitrogens with one attached hydrogen (secondary N) is 1. The quantitative estimate of drug-likeness (QED) is 0.545. The molecule has 6 nitrogen and oxygen atoms in total. The zero-order chi connectivity index (χ0) is 20.5. The smallest absolute Gasteiger partial charge is 0.273 e. The molecule has 0 saturated carbocycles. The Bertz CT molecular complexity index is 1280. The van der Waals surface area contributed by atoms with Crippen LogP contribution in [-0.4, -0.2) is 20.1 Å². The maximum Gasteiger partial charge on any atom is 0.273 e. The second-order valence-corrected chi connectivity index (χ2v) is 7.37. The van der Waals surface area contributed by atoms with Crippen LogP contribution in [0.2, 0.25) is 5.02 Å². The van der Waals surface area contributed by atoms with Crippen LogP contribution in [0.4, 0.5) is 0 Å². The average Bonchev–Trinajstić information content (AvgIpc) is 3.03. The molecule has 2 heterocycles. The number of hydrogen-bond acceptors (Lipinski definition) is 3. The van der Waals surface area contributed by atoms with Crippen LogP contribution >= 0.6 is 11.6 Å². The van der Waals surface area contributed by atoms with Crippen LogP contribution in [0, 0.1) is 6.92 Å². The van der Waals surface area contributed by atoms with E-state index in [0.717, 1.165) is 22.2 Å². The van der Waals surface area contributed by atoms with Gasteiger partial charge in [0.05, 0.1) is 5.52 Å². The molecule has 0 bridgehead atoms. The van der Waals surface area contributed by atoms with Gasteiger partial charge in [-0.3, -0.25) is 14.3 Å². The predicted molar refractivity (Wildman–Crippen MR) is 114 cm³/mol. The third-order valence-electron chi connectivity index (χ3n) is 5.09. The van der Waals surface area contributed by atoms with Crippen molar-refractivity contribution in [3.63, 3.8) is 0 Å². The number of benzene rings is 2. The molecule has 2 aromatic carbocycles. The van der Waals surface area contributed by atoms with Crippen molar-refractivity contribution in [1.29, 1.82) is 0 Å². The zero-order valence-corrected chi connectivity index (χ0v) is 17.0. The molecule has 0 aliphatic carbocycles. The van der Waals surface area contributed by atoms with Crippen LogP contribution < -0.4 is 10.9 Å². The minimum absolute atomic E-state index is 0.117. The predicted octanol–water partition coefficient (Wildman–Crippen LogP) is 3.88. The lowest BCUT2D eigenvalue weighted by Gasteiger charge is -2.20. The lowest BCUT2D eigenvalue weighted by molar-refractivity contribution is -0.124. The summed E-state index contributed by atoms with van der Waals surface area (Å²) in [5.74, 6) is -0.117. The molecule has 1 atom stereocenters. The van der Waals surface area contributed by atoms with E-state index in [1.54, 1.807) is 6.07 Å². The molecule has 29 heavy (non-hydrogen) atoms. The van der Waals surface area contributed by atoms with Crippen molar-refractivity contribution in [2.24, 2.45) is 0 Å². The first-order valence-corrected chi connectivity index (χ1v) is 9.89. The van der Waals surface area contributed by atoms with Crippen LogP contribution in [0.15, 0.2) is 59.4 Å². The maximum atomic E-state index is 13.2. The number of rotatable bonds is 5. The van der Waals surface area contributed by atoms with Gasteiger partial charge in [-0.15, -0.1) is 0 Å². The Labute approximate surface area is 172 Å². The number of para-hydroxylation sites is 1. The molecule has 0 aliphatic rings. The first kappa shape index (κ1) is 19.2. The van der Waals surface area contributed by atoms with Crippen molar-refractivity contribution in [1.82, 2.24) is 19.5 Å². The number of fused-ring (bicyclic) bond motifs is 3. The van der Waals surface area contributed by atoms with E-state index in [4.69, 9.17) is 11.6 Å². The van der Waals surface area contributed by atoms with Gasteiger partial charge < -0.3 is 5.32 Å². The SMILES string of the molecule is CCC(C(=O)NCc1ccccc1Cl)n1c2ccccc2c2nc(=O)cc(C)n21. The molecule has 0 saturated heterocycles. The van der Waals surface area contributed by atoms with Gasteiger partial charge in [0.2, 0.25) is 5.91 Å². The molecule has 1 amide bonds. The second kappa shape index (κ2) is 7.72. The Balaban J connectivity index is 1.79. The number of carbonyl (C=O) groups is 1. The van der Waals surface area contributed by atoms with Crippen LogP contribution in [0.25, 0.3) is 16.6 Å². The molecule has 1 N–H and O–H groups in total. The van der Waals surface area contributed by atoms with Gasteiger partial charge in [-0.2, -0.15) is 4.98 Å². The van der Waals surface area contributed by atoms with Gasteiger partial charge >= 0.3 is 0 Å². The zero-order valence-electron chi connectivity index (χ0n) is 16.2. The first-order chi connectivity index (χ1) is 14.0. The molecular formula is C22H21ClN4O2. The molecule has 148 valence electrons. The van der Waals surface area contributed by atoms with E-state index in [1.807, 2.05) is 65.5 Å². The van der Waals surface area contributed by atoms with E-state index < -0.39 is 6.04 Å². The lowest BCUT2D eigenvalue weighted by Crippen LogP contribution is -2.34. The van der Waals surface area contributed by atoms with Crippen molar-refractivity contribution in [3.05, 3.63) is 81.2 Å². The summed E-state index contributed by atoms with van der Waals surface area (Å²) in [5.41, 5.74) is 2.72. The average molecular weight is 409 g/mol. The fraction of sp³-hybridized carbons (Fsp3) is 0.227. The van der Waals surface area contributed by atoms with Gasteiger partial charge in [0.25, 0.3) is 5.56 Å². The summed E-state index contributed by atoms with van der Waals surface area (Å²) >= 11 is 6.21. The number of aromatic nitrogens is 3. The van der Waals surface area contributed by atoms with E-state index in [2.05, 4.69) is 10.3 Å². The fourth-order valence-corrected chi connectivity index (χ4v) is 3.93. The molecule has 7 heteroatoms. The Morgan fingerprint density at radius 3 is 2.66 bits per heavy atom. The number of nitrogens with zero attached hydrogens (tertiary/aromatic N) is 3. The molecule has 0 radical (unpaired) electrons. The number of carbonyl (C=O) groups excluding carboxylic acids is 1. The normalized spacial score (nSPS) is 12.4. The van der Waals surface area contributed by atoms with E-state index in [1.165, 1.54) is 6.07 Å². The molecular weight excluding hydrogens is 388 g/mol. The van der Waals surface area contributed by atoms with E-state index in [0.29, 0.717) is 23.6 Å². The molecule has 1 unspecified atom stereocenters. The van der Waals surface area contributed by atoms with Crippen molar-refractivity contribution in [3.8, 4) is 0 Å². The van der Waals surface area contributed by atoms with Gasteiger partial charge in [0.15, 0.2) is 5.65 Å². The molecule has 0 spiro atoms.